The molecule has 0 aliphatic rings. The van der Waals surface area contributed by atoms with E-state index in [1.807, 2.05) is 0 Å². The van der Waals surface area contributed by atoms with Crippen molar-refractivity contribution in [3.05, 3.63) is 27.4 Å². The maximum Gasteiger partial charge on any atom is 0.125 e. The molecule has 0 heterocycles. The molecule has 0 spiro atoms. The molecule has 0 bridgehead atoms. The Morgan fingerprint density at radius 1 is 1.50 bits per heavy atom. The van der Waals surface area contributed by atoms with E-state index in [0.717, 1.165) is 12.2 Å². The van der Waals surface area contributed by atoms with Crippen LogP contribution in [0.1, 0.15) is 13.8 Å². The topological polar surface area (TPSA) is 12.0 Å². The highest BCUT2D eigenvalue weighted by atomic mass is 79.9. The fourth-order valence-electron chi connectivity index (χ4n) is 1.02. The molecule has 0 saturated heterocycles. The van der Waals surface area contributed by atoms with E-state index < -0.39 is 0 Å². The fourth-order valence-corrected chi connectivity index (χ4v) is 1.98. The minimum atomic E-state index is -0.336. The Morgan fingerprint density at radius 3 is 2.64 bits per heavy atom. The third kappa shape index (κ3) is 3.14. The second-order valence-electron chi connectivity index (χ2n) is 3.52. The highest BCUT2D eigenvalue weighted by Crippen LogP contribution is 2.31. The molecular weight excluding hydrogens is 268 g/mol. The molecule has 0 aliphatic heterocycles. The summed E-state index contributed by atoms with van der Waals surface area (Å²) in [5, 5.41) is 3.56. The van der Waals surface area contributed by atoms with Crippen LogP contribution in [0.15, 0.2) is 16.6 Å². The first-order valence-electron chi connectivity index (χ1n) is 4.39. The van der Waals surface area contributed by atoms with Crippen LogP contribution in [0, 0.1) is 11.7 Å². The summed E-state index contributed by atoms with van der Waals surface area (Å²) in [7, 11) is 0. The van der Waals surface area contributed by atoms with E-state index in [0.29, 0.717) is 15.4 Å². The van der Waals surface area contributed by atoms with E-state index in [4.69, 9.17) is 11.6 Å². The molecule has 0 amide bonds. The summed E-state index contributed by atoms with van der Waals surface area (Å²) < 4.78 is 13.5. The predicted octanol–water partition coefficient (Wildman–Crippen LogP) is 4.31. The zero-order valence-electron chi connectivity index (χ0n) is 8.07. The molecule has 0 saturated carbocycles. The first kappa shape index (κ1) is 11.8. The number of hydrogen-bond donors (Lipinski definition) is 1. The summed E-state index contributed by atoms with van der Waals surface area (Å²) in [4.78, 5) is 0. The first-order valence-corrected chi connectivity index (χ1v) is 5.56. The van der Waals surface area contributed by atoms with Crippen LogP contribution >= 0.6 is 27.5 Å². The lowest BCUT2D eigenvalue weighted by Crippen LogP contribution is -2.08. The van der Waals surface area contributed by atoms with E-state index in [1.54, 1.807) is 0 Å². The molecule has 0 radical (unpaired) electrons. The number of hydrogen-bond acceptors (Lipinski definition) is 1. The van der Waals surface area contributed by atoms with Crippen LogP contribution in [0.25, 0.3) is 0 Å². The maximum atomic E-state index is 12.9. The number of rotatable bonds is 3. The van der Waals surface area contributed by atoms with Crippen LogP contribution in [-0.4, -0.2) is 6.54 Å². The lowest BCUT2D eigenvalue weighted by Gasteiger charge is -2.12. The predicted molar refractivity (Wildman–Crippen MR) is 62.4 cm³/mol. The van der Waals surface area contributed by atoms with Gasteiger partial charge in [-0.05, 0) is 34.0 Å². The summed E-state index contributed by atoms with van der Waals surface area (Å²) in [5.41, 5.74) is 0.752. The lowest BCUT2D eigenvalue weighted by atomic mass is 10.2. The van der Waals surface area contributed by atoms with Crippen molar-refractivity contribution in [1.29, 1.82) is 0 Å². The summed E-state index contributed by atoms with van der Waals surface area (Å²) >= 11 is 9.15. The lowest BCUT2D eigenvalue weighted by molar-refractivity contribution is 0.627. The van der Waals surface area contributed by atoms with Crippen LogP contribution in [0.5, 0.6) is 0 Å². The second kappa shape index (κ2) is 4.99. The quantitative estimate of drug-likeness (QED) is 0.870. The molecule has 1 nitrogen and oxygen atoms in total. The van der Waals surface area contributed by atoms with Crippen LogP contribution in [0.3, 0.4) is 0 Å². The van der Waals surface area contributed by atoms with Crippen molar-refractivity contribution in [3.63, 3.8) is 0 Å². The molecule has 0 fully saturated rings. The van der Waals surface area contributed by atoms with Gasteiger partial charge in [0.2, 0.25) is 0 Å². The summed E-state index contributed by atoms with van der Waals surface area (Å²) in [6.07, 6.45) is 0. The molecule has 0 atom stereocenters. The van der Waals surface area contributed by atoms with Gasteiger partial charge in [-0.3, -0.25) is 0 Å². The molecule has 1 N–H and O–H groups in total. The monoisotopic (exact) mass is 279 g/mol. The number of halogens is 3. The van der Waals surface area contributed by atoms with E-state index in [-0.39, 0.29) is 5.82 Å². The van der Waals surface area contributed by atoms with E-state index >= 15 is 0 Å². The Hall–Kier alpha value is -0.280. The average Bonchev–Trinajstić information content (AvgIpc) is 2.01. The maximum absolute atomic E-state index is 12.9. The van der Waals surface area contributed by atoms with Crippen molar-refractivity contribution in [1.82, 2.24) is 0 Å². The Bertz CT molecular complexity index is 305. The molecule has 0 aliphatic carbocycles. The molecule has 78 valence electrons. The number of anilines is 1. The van der Waals surface area contributed by atoms with Gasteiger partial charge in [-0.25, -0.2) is 4.39 Å². The van der Waals surface area contributed by atoms with Crippen molar-refractivity contribution >= 4 is 33.2 Å². The van der Waals surface area contributed by atoms with Gasteiger partial charge in [-0.2, -0.15) is 0 Å². The fraction of sp³-hybridized carbons (Fsp3) is 0.400. The van der Waals surface area contributed by atoms with Crippen LogP contribution in [0.2, 0.25) is 5.02 Å². The third-order valence-corrected chi connectivity index (χ3v) is 2.62. The largest absolute Gasteiger partial charge is 0.383 e. The summed E-state index contributed by atoms with van der Waals surface area (Å²) in [5.74, 6) is 0.181. The van der Waals surface area contributed by atoms with Crippen LogP contribution in [0.4, 0.5) is 10.1 Å². The van der Waals surface area contributed by atoms with Gasteiger partial charge in [0.25, 0.3) is 0 Å². The van der Waals surface area contributed by atoms with Crippen molar-refractivity contribution in [2.24, 2.45) is 5.92 Å². The van der Waals surface area contributed by atoms with Gasteiger partial charge in [0.05, 0.1) is 10.7 Å². The molecular formula is C10H12BrClFN. The van der Waals surface area contributed by atoms with Crippen molar-refractivity contribution in [3.8, 4) is 0 Å². The molecule has 1 rings (SSSR count). The minimum Gasteiger partial charge on any atom is -0.383 e. The van der Waals surface area contributed by atoms with Gasteiger partial charge in [-0.15, -0.1) is 0 Å². The normalized spacial score (nSPS) is 10.7. The third-order valence-electron chi connectivity index (χ3n) is 1.69. The minimum absolute atomic E-state index is 0.336. The van der Waals surface area contributed by atoms with Crippen molar-refractivity contribution in [2.45, 2.75) is 13.8 Å². The van der Waals surface area contributed by atoms with Gasteiger partial charge < -0.3 is 5.32 Å². The van der Waals surface area contributed by atoms with Crippen LogP contribution in [-0.2, 0) is 0 Å². The molecule has 1 aromatic rings. The van der Waals surface area contributed by atoms with Crippen molar-refractivity contribution in [2.75, 3.05) is 11.9 Å². The highest BCUT2D eigenvalue weighted by Gasteiger charge is 2.07. The van der Waals surface area contributed by atoms with E-state index in [1.165, 1.54) is 12.1 Å². The van der Waals surface area contributed by atoms with Gasteiger partial charge in [0.15, 0.2) is 0 Å². The Balaban J connectivity index is 2.86. The van der Waals surface area contributed by atoms with Crippen molar-refractivity contribution < 1.29 is 4.39 Å². The summed E-state index contributed by atoms with van der Waals surface area (Å²) in [6.45, 7) is 5.00. The molecule has 0 unspecified atom stereocenters. The zero-order valence-corrected chi connectivity index (χ0v) is 10.4. The first-order chi connectivity index (χ1) is 6.50. The van der Waals surface area contributed by atoms with Gasteiger partial charge >= 0.3 is 0 Å². The van der Waals surface area contributed by atoms with E-state index in [9.17, 15) is 4.39 Å². The number of nitrogens with one attached hydrogen (secondary N) is 1. The zero-order chi connectivity index (χ0) is 10.7. The molecule has 0 aromatic heterocycles. The smallest absolute Gasteiger partial charge is 0.125 e. The molecule has 1 aromatic carbocycles. The molecule has 14 heavy (non-hydrogen) atoms. The van der Waals surface area contributed by atoms with Gasteiger partial charge in [0, 0.05) is 11.0 Å². The Kier molecular flexibility index (Phi) is 4.20. The SMILES string of the molecule is CC(C)CNc1c(Cl)cc(F)cc1Br. The summed E-state index contributed by atoms with van der Waals surface area (Å²) in [6, 6.07) is 2.70. The Morgan fingerprint density at radius 2 is 2.14 bits per heavy atom. The second-order valence-corrected chi connectivity index (χ2v) is 4.78. The molecule has 4 heteroatoms. The van der Waals surface area contributed by atoms with E-state index in [2.05, 4.69) is 35.1 Å². The standard InChI is InChI=1S/C10H12BrClFN/c1-6(2)5-14-10-8(11)3-7(13)4-9(10)12/h3-4,6,14H,5H2,1-2H3. The highest BCUT2D eigenvalue weighted by molar-refractivity contribution is 9.10. The van der Waals surface area contributed by atoms with Gasteiger partial charge in [0.1, 0.15) is 5.82 Å². The van der Waals surface area contributed by atoms with Gasteiger partial charge in [-0.1, -0.05) is 25.4 Å². The average molecular weight is 281 g/mol. The Labute approximate surface area is 96.8 Å². The number of benzene rings is 1. The van der Waals surface area contributed by atoms with Crippen LogP contribution < -0.4 is 5.32 Å².